The van der Waals surface area contributed by atoms with Crippen LogP contribution in [0.3, 0.4) is 0 Å². The van der Waals surface area contributed by atoms with Crippen LogP contribution in [0.1, 0.15) is 0 Å². The molecule has 0 spiro atoms. The molecule has 18 heavy (non-hydrogen) atoms. The van der Waals surface area contributed by atoms with E-state index in [1.807, 2.05) is 0 Å². The molecule has 0 aliphatic rings. The number of ether oxygens (including phenoxy) is 2. The molecule has 2 atom stereocenters. The van der Waals surface area contributed by atoms with Crippen molar-refractivity contribution in [3.63, 3.8) is 0 Å². The van der Waals surface area contributed by atoms with Crippen molar-refractivity contribution in [2.75, 3.05) is 39.9 Å². The summed E-state index contributed by atoms with van der Waals surface area (Å²) in [5.41, 5.74) is 0. The zero-order valence-corrected chi connectivity index (χ0v) is 12.3. The van der Waals surface area contributed by atoms with E-state index in [0.29, 0.717) is 0 Å². The minimum absolute atomic E-state index is 0.156. The zero-order chi connectivity index (χ0) is 14.4. The fraction of sp³-hybridized carbons (Fsp3) is 1.00. The van der Waals surface area contributed by atoms with E-state index in [1.54, 1.807) is 0 Å². The van der Waals surface area contributed by atoms with Crippen LogP contribution in [-0.2, 0) is 38.1 Å². The monoisotopic (exact) mass is 306 g/mol. The van der Waals surface area contributed by atoms with Gasteiger partial charge in [0.1, 0.15) is 12.2 Å². The van der Waals surface area contributed by atoms with Gasteiger partial charge in [-0.3, -0.25) is 8.37 Å². The van der Waals surface area contributed by atoms with Crippen LogP contribution < -0.4 is 0 Å². The first-order valence-electron chi connectivity index (χ1n) is 4.83. The van der Waals surface area contributed by atoms with Crippen LogP contribution in [0.2, 0.25) is 0 Å². The fourth-order valence-corrected chi connectivity index (χ4v) is 2.43. The van der Waals surface area contributed by atoms with Gasteiger partial charge >= 0.3 is 0 Å². The Balaban J connectivity index is 4.97. The van der Waals surface area contributed by atoms with Crippen LogP contribution in [0.15, 0.2) is 0 Å². The molecule has 0 radical (unpaired) electrons. The molecule has 0 saturated heterocycles. The summed E-state index contributed by atoms with van der Waals surface area (Å²) in [6.07, 6.45) is -0.528. The Hall–Kier alpha value is -0.260. The van der Waals surface area contributed by atoms with E-state index in [4.69, 9.17) is 17.8 Å². The van der Waals surface area contributed by atoms with Crippen molar-refractivity contribution < 1.29 is 34.7 Å². The maximum atomic E-state index is 11.1. The summed E-state index contributed by atoms with van der Waals surface area (Å²) in [6.45, 7) is -0.312. The van der Waals surface area contributed by atoms with Crippen molar-refractivity contribution >= 4 is 20.2 Å². The van der Waals surface area contributed by atoms with E-state index in [-0.39, 0.29) is 13.2 Å². The van der Waals surface area contributed by atoms with Crippen LogP contribution in [0, 0.1) is 0 Å². The molecular formula is C8H18O8S2. The number of hydrogen-bond donors (Lipinski definition) is 0. The quantitative estimate of drug-likeness (QED) is 0.498. The van der Waals surface area contributed by atoms with Gasteiger partial charge in [-0.05, 0) is 0 Å². The molecule has 0 aliphatic carbocycles. The number of rotatable bonds is 9. The van der Waals surface area contributed by atoms with Crippen LogP contribution in [0.5, 0.6) is 0 Å². The highest BCUT2D eigenvalue weighted by Gasteiger charge is 2.30. The molecule has 0 fully saturated rings. The molecule has 0 aromatic heterocycles. The van der Waals surface area contributed by atoms with Gasteiger partial charge in [0.05, 0.1) is 25.7 Å². The highest BCUT2D eigenvalue weighted by atomic mass is 32.2. The predicted molar refractivity (Wildman–Crippen MR) is 63.2 cm³/mol. The topological polar surface area (TPSA) is 105 Å². The van der Waals surface area contributed by atoms with E-state index in [9.17, 15) is 16.8 Å². The van der Waals surface area contributed by atoms with Gasteiger partial charge in [0, 0.05) is 14.2 Å². The molecule has 0 amide bonds. The third-order valence-electron chi connectivity index (χ3n) is 1.67. The first-order valence-corrected chi connectivity index (χ1v) is 8.46. The van der Waals surface area contributed by atoms with Crippen molar-refractivity contribution in [2.24, 2.45) is 0 Å². The summed E-state index contributed by atoms with van der Waals surface area (Å²) < 4.78 is 63.2. The molecular weight excluding hydrogens is 288 g/mol. The van der Waals surface area contributed by atoms with Gasteiger partial charge < -0.3 is 9.47 Å². The Morgan fingerprint density at radius 1 is 0.778 bits per heavy atom. The first kappa shape index (κ1) is 17.7. The first-order chi connectivity index (χ1) is 8.09. The van der Waals surface area contributed by atoms with Gasteiger partial charge in [-0.25, -0.2) is 0 Å². The Morgan fingerprint density at radius 2 is 1.06 bits per heavy atom. The molecule has 0 aliphatic heterocycles. The number of hydrogen-bond acceptors (Lipinski definition) is 8. The van der Waals surface area contributed by atoms with Crippen molar-refractivity contribution in [3.8, 4) is 0 Å². The minimum Gasteiger partial charge on any atom is -0.382 e. The Labute approximate surface area is 107 Å². The SMILES string of the molecule is COC[C@H](OS(C)(=O)=O)[C@H](COC)OS(C)(=O)=O. The number of methoxy groups -OCH3 is 2. The lowest BCUT2D eigenvalue weighted by Gasteiger charge is -2.24. The third-order valence-corrected chi connectivity index (χ3v) is 2.87. The lowest BCUT2D eigenvalue weighted by atomic mass is 10.2. The van der Waals surface area contributed by atoms with E-state index >= 15 is 0 Å². The highest BCUT2D eigenvalue weighted by molar-refractivity contribution is 7.86. The van der Waals surface area contributed by atoms with Crippen molar-refractivity contribution in [3.05, 3.63) is 0 Å². The van der Waals surface area contributed by atoms with E-state index in [2.05, 4.69) is 0 Å². The zero-order valence-electron chi connectivity index (χ0n) is 10.7. The molecule has 0 aromatic carbocycles. The van der Waals surface area contributed by atoms with Crippen LogP contribution in [0.4, 0.5) is 0 Å². The smallest absolute Gasteiger partial charge is 0.264 e. The Kier molecular flexibility index (Phi) is 7.25. The standard InChI is InChI=1S/C8H18O8S2/c1-13-5-7(15-17(3,9)10)8(6-14-2)16-18(4,11)12/h7-8H,5-6H2,1-4H3/t7-,8-/m0/s1. The van der Waals surface area contributed by atoms with Gasteiger partial charge in [0.15, 0.2) is 0 Å². The summed E-state index contributed by atoms with van der Waals surface area (Å²) in [7, 11) is -4.90. The van der Waals surface area contributed by atoms with Crippen molar-refractivity contribution in [1.29, 1.82) is 0 Å². The molecule has 110 valence electrons. The molecule has 0 saturated carbocycles. The lowest BCUT2D eigenvalue weighted by Crippen LogP contribution is -2.41. The van der Waals surface area contributed by atoms with Gasteiger partial charge in [-0.15, -0.1) is 0 Å². The second-order valence-electron chi connectivity index (χ2n) is 3.59. The minimum atomic E-state index is -3.77. The van der Waals surface area contributed by atoms with Crippen LogP contribution >= 0.6 is 0 Å². The van der Waals surface area contributed by atoms with E-state index < -0.39 is 32.4 Å². The van der Waals surface area contributed by atoms with Crippen molar-refractivity contribution in [1.82, 2.24) is 0 Å². The summed E-state index contributed by atoms with van der Waals surface area (Å²) in [5, 5.41) is 0. The fourth-order valence-electron chi connectivity index (χ4n) is 1.17. The second-order valence-corrected chi connectivity index (χ2v) is 6.79. The summed E-state index contributed by atoms with van der Waals surface area (Å²) in [4.78, 5) is 0. The molecule has 0 aromatic rings. The van der Waals surface area contributed by atoms with Gasteiger partial charge in [0.25, 0.3) is 20.2 Å². The molecule has 0 heterocycles. The largest absolute Gasteiger partial charge is 0.382 e. The Morgan fingerprint density at radius 3 is 1.22 bits per heavy atom. The highest BCUT2D eigenvalue weighted by Crippen LogP contribution is 2.11. The lowest BCUT2D eigenvalue weighted by molar-refractivity contribution is -0.0250. The predicted octanol–water partition coefficient (Wildman–Crippen LogP) is -1.03. The second kappa shape index (κ2) is 7.36. The van der Waals surface area contributed by atoms with E-state index in [0.717, 1.165) is 12.5 Å². The van der Waals surface area contributed by atoms with Crippen LogP contribution in [-0.4, -0.2) is 69.0 Å². The molecule has 0 rings (SSSR count). The third kappa shape index (κ3) is 8.78. The van der Waals surface area contributed by atoms with Crippen LogP contribution in [0.25, 0.3) is 0 Å². The molecule has 10 heteroatoms. The maximum absolute atomic E-state index is 11.1. The van der Waals surface area contributed by atoms with Gasteiger partial charge in [0.2, 0.25) is 0 Å². The average molecular weight is 306 g/mol. The Bertz CT molecular complexity index is 384. The average Bonchev–Trinajstić information content (AvgIpc) is 2.12. The van der Waals surface area contributed by atoms with Gasteiger partial charge in [-0.2, -0.15) is 16.8 Å². The van der Waals surface area contributed by atoms with Crippen molar-refractivity contribution in [2.45, 2.75) is 12.2 Å². The summed E-state index contributed by atoms with van der Waals surface area (Å²) >= 11 is 0. The molecule has 0 bridgehead atoms. The molecule has 8 nitrogen and oxygen atoms in total. The normalized spacial score (nSPS) is 16.4. The molecule has 0 N–H and O–H groups in total. The summed E-state index contributed by atoms with van der Waals surface area (Å²) in [5.74, 6) is 0. The molecule has 0 unspecified atom stereocenters. The van der Waals surface area contributed by atoms with E-state index in [1.165, 1.54) is 14.2 Å². The summed E-state index contributed by atoms with van der Waals surface area (Å²) in [6, 6.07) is 0. The van der Waals surface area contributed by atoms with Gasteiger partial charge in [-0.1, -0.05) is 0 Å². The maximum Gasteiger partial charge on any atom is 0.264 e.